The number of aromatic nitrogens is 1. The van der Waals surface area contributed by atoms with Gasteiger partial charge in [0.05, 0.1) is 5.52 Å². The molecule has 29 heavy (non-hydrogen) atoms. The molecule has 2 heterocycles. The summed E-state index contributed by atoms with van der Waals surface area (Å²) in [6, 6.07) is 8.61. The third kappa shape index (κ3) is 3.32. The molecule has 0 saturated heterocycles. The zero-order valence-electron chi connectivity index (χ0n) is 16.8. The van der Waals surface area contributed by atoms with Crippen LogP contribution < -0.4 is 5.56 Å². The van der Waals surface area contributed by atoms with E-state index in [4.69, 9.17) is 0 Å². The predicted octanol–water partition coefficient (Wildman–Crippen LogP) is 5.23. The van der Waals surface area contributed by atoms with E-state index in [1.165, 1.54) is 17.4 Å². The molecule has 4 rings (SSSR count). The maximum Gasteiger partial charge on any atom is 0.266 e. The third-order valence-electron chi connectivity index (χ3n) is 5.34. The number of benzene rings is 2. The smallest absolute Gasteiger partial charge is 0.266 e. The van der Waals surface area contributed by atoms with Crippen LogP contribution in [-0.4, -0.2) is 35.6 Å². The summed E-state index contributed by atoms with van der Waals surface area (Å²) in [7, 11) is 3.93. The maximum absolute atomic E-state index is 15.0. The van der Waals surface area contributed by atoms with E-state index in [0.717, 1.165) is 22.9 Å². The van der Waals surface area contributed by atoms with Crippen LogP contribution in [0.3, 0.4) is 0 Å². The number of likely N-dealkylation sites (N-methyl/N-ethyl adjacent to an activating group) is 1. The molecule has 0 bridgehead atoms. The van der Waals surface area contributed by atoms with E-state index in [0.29, 0.717) is 26.9 Å². The minimum absolute atomic E-state index is 0.0438. The Balaban J connectivity index is 1.98. The van der Waals surface area contributed by atoms with Crippen LogP contribution in [-0.2, 0) is 0 Å². The topological polar surface area (TPSA) is 56.3 Å². The van der Waals surface area contributed by atoms with Gasteiger partial charge in [0.25, 0.3) is 5.56 Å². The molecule has 6 heteroatoms. The lowest BCUT2D eigenvalue weighted by molar-refractivity contribution is 0.378. The van der Waals surface area contributed by atoms with E-state index in [1.54, 1.807) is 12.1 Å². The highest BCUT2D eigenvalue weighted by Crippen LogP contribution is 2.41. The van der Waals surface area contributed by atoms with Crippen molar-refractivity contribution in [1.29, 1.82) is 0 Å². The number of halogens is 1. The number of fused-ring (bicyclic) bond motifs is 3. The molecule has 4 nitrogen and oxygen atoms in total. The predicted molar refractivity (Wildman–Crippen MR) is 119 cm³/mol. The molecule has 0 unspecified atom stereocenters. The highest BCUT2D eigenvalue weighted by atomic mass is 32.1. The molecule has 150 valence electrons. The van der Waals surface area contributed by atoms with Crippen molar-refractivity contribution in [3.63, 3.8) is 0 Å². The zero-order valence-corrected chi connectivity index (χ0v) is 17.7. The zero-order chi connectivity index (χ0) is 20.9. The number of pyridine rings is 1. The first kappa shape index (κ1) is 19.6. The number of nitrogens with zero attached hydrogens (tertiary/aromatic N) is 1. The number of hydrogen-bond donors (Lipinski definition) is 2. The van der Waals surface area contributed by atoms with Crippen LogP contribution in [0.25, 0.3) is 32.1 Å². The van der Waals surface area contributed by atoms with Gasteiger partial charge in [-0.3, -0.25) is 4.79 Å². The van der Waals surface area contributed by atoms with Crippen molar-refractivity contribution in [3.05, 3.63) is 63.0 Å². The molecule has 0 fully saturated rings. The first-order chi connectivity index (χ1) is 13.8. The molecule has 0 amide bonds. The molecule has 2 N–H and O–H groups in total. The van der Waals surface area contributed by atoms with E-state index >= 15 is 4.39 Å². The second kappa shape index (κ2) is 7.28. The number of phenolic OH excluding ortho intramolecular Hbond substituents is 1. The van der Waals surface area contributed by atoms with Crippen LogP contribution in [0.4, 0.5) is 4.39 Å². The van der Waals surface area contributed by atoms with Crippen molar-refractivity contribution in [2.45, 2.75) is 19.8 Å². The quantitative estimate of drug-likeness (QED) is 0.484. The van der Waals surface area contributed by atoms with Crippen LogP contribution in [0.2, 0.25) is 0 Å². The average molecular weight is 411 g/mol. The van der Waals surface area contributed by atoms with Crippen molar-refractivity contribution in [2.75, 3.05) is 20.6 Å². The third-order valence-corrected chi connectivity index (χ3v) is 6.26. The Hall–Kier alpha value is -2.70. The first-order valence-electron chi connectivity index (χ1n) is 9.48. The first-order valence-corrected chi connectivity index (χ1v) is 10.4. The molecular weight excluding hydrogens is 387 g/mol. The van der Waals surface area contributed by atoms with Gasteiger partial charge in [0.2, 0.25) is 0 Å². The van der Waals surface area contributed by atoms with Crippen LogP contribution in [0.1, 0.15) is 24.0 Å². The van der Waals surface area contributed by atoms with Gasteiger partial charge >= 0.3 is 0 Å². The van der Waals surface area contributed by atoms with Crippen molar-refractivity contribution in [2.24, 2.45) is 0 Å². The second-order valence-corrected chi connectivity index (χ2v) is 8.77. The van der Waals surface area contributed by atoms with Gasteiger partial charge in [-0.15, -0.1) is 11.3 Å². The monoisotopic (exact) mass is 410 g/mol. The SMILES string of the molecule is Cc1cc(O)c(-c2ccc([C@H](C)CN(C)C)c(F)c2)c2c1[nH]c(=O)c1sccc12. The molecule has 0 aliphatic rings. The standard InChI is InChI=1S/C23H23FN2O2S/c1-12-9-18(27)19(20-16-7-8-29-22(16)23(28)25-21(12)20)14-5-6-15(17(24)10-14)13(2)11-26(3)4/h5-10,13,27H,11H2,1-4H3,(H,25,28)/t13-/m1/s1. The summed E-state index contributed by atoms with van der Waals surface area (Å²) < 4.78 is 15.6. The highest BCUT2D eigenvalue weighted by molar-refractivity contribution is 7.17. The van der Waals surface area contributed by atoms with E-state index in [2.05, 4.69) is 4.98 Å². The van der Waals surface area contributed by atoms with E-state index < -0.39 is 0 Å². The Morgan fingerprint density at radius 2 is 2.00 bits per heavy atom. The van der Waals surface area contributed by atoms with Crippen LogP contribution in [0.15, 0.2) is 40.5 Å². The number of H-pyrrole nitrogens is 1. The molecule has 4 aromatic rings. The molecule has 0 aliphatic heterocycles. The van der Waals surface area contributed by atoms with Crippen molar-refractivity contribution >= 4 is 32.3 Å². The molecule has 0 saturated carbocycles. The van der Waals surface area contributed by atoms with Crippen molar-refractivity contribution in [3.8, 4) is 16.9 Å². The summed E-state index contributed by atoms with van der Waals surface area (Å²) >= 11 is 1.36. The summed E-state index contributed by atoms with van der Waals surface area (Å²) in [6.45, 7) is 4.58. The van der Waals surface area contributed by atoms with Crippen LogP contribution >= 0.6 is 11.3 Å². The van der Waals surface area contributed by atoms with Gasteiger partial charge in [-0.25, -0.2) is 4.39 Å². The van der Waals surface area contributed by atoms with Crippen molar-refractivity contribution < 1.29 is 9.50 Å². The summed E-state index contributed by atoms with van der Waals surface area (Å²) in [5.41, 5.74) is 3.05. The molecule has 2 aromatic carbocycles. The molecular formula is C23H23FN2O2S. The summed E-state index contributed by atoms with van der Waals surface area (Å²) in [6.07, 6.45) is 0. The lowest BCUT2D eigenvalue weighted by Gasteiger charge is -2.19. The van der Waals surface area contributed by atoms with Gasteiger partial charge in [0.15, 0.2) is 0 Å². The molecule has 0 spiro atoms. The summed E-state index contributed by atoms with van der Waals surface area (Å²) in [5, 5.41) is 14.1. The number of aryl methyl sites for hydroxylation is 1. The van der Waals surface area contributed by atoms with Gasteiger partial charge in [-0.05, 0) is 67.2 Å². The van der Waals surface area contributed by atoms with Crippen LogP contribution in [0, 0.1) is 12.7 Å². The van der Waals surface area contributed by atoms with Gasteiger partial charge in [-0.2, -0.15) is 0 Å². The summed E-state index contributed by atoms with van der Waals surface area (Å²) in [4.78, 5) is 17.4. The number of thiophene rings is 1. The second-order valence-electron chi connectivity index (χ2n) is 7.85. The number of aromatic amines is 1. The van der Waals surface area contributed by atoms with Crippen LogP contribution in [0.5, 0.6) is 5.75 Å². The number of phenols is 1. The lowest BCUT2D eigenvalue weighted by atomic mass is 9.92. The fraction of sp³-hybridized carbons (Fsp3) is 0.261. The molecule has 0 radical (unpaired) electrons. The largest absolute Gasteiger partial charge is 0.507 e. The molecule has 2 aromatic heterocycles. The van der Waals surface area contributed by atoms with Gasteiger partial charge in [0, 0.05) is 22.9 Å². The summed E-state index contributed by atoms with van der Waals surface area (Å²) in [5.74, 6) is -0.179. The minimum atomic E-state index is -0.295. The van der Waals surface area contributed by atoms with Gasteiger partial charge in [-0.1, -0.05) is 19.1 Å². The number of rotatable bonds is 4. The minimum Gasteiger partial charge on any atom is -0.507 e. The highest BCUT2D eigenvalue weighted by Gasteiger charge is 2.19. The number of aromatic hydroxyl groups is 1. The lowest BCUT2D eigenvalue weighted by Crippen LogP contribution is -2.19. The maximum atomic E-state index is 15.0. The van der Waals surface area contributed by atoms with Gasteiger partial charge < -0.3 is 15.0 Å². The Kier molecular flexibility index (Phi) is 4.92. The average Bonchev–Trinajstić information content (AvgIpc) is 3.12. The van der Waals surface area contributed by atoms with E-state index in [1.807, 2.05) is 50.4 Å². The molecule has 1 atom stereocenters. The Morgan fingerprint density at radius 1 is 1.24 bits per heavy atom. The number of hydrogen-bond acceptors (Lipinski definition) is 4. The fourth-order valence-corrected chi connectivity index (χ4v) is 4.90. The number of nitrogens with one attached hydrogen (secondary N) is 1. The fourth-order valence-electron chi connectivity index (χ4n) is 4.10. The Morgan fingerprint density at radius 3 is 2.69 bits per heavy atom. The normalized spacial score (nSPS) is 12.9. The van der Waals surface area contributed by atoms with E-state index in [9.17, 15) is 9.90 Å². The Bertz CT molecular complexity index is 1290. The Labute approximate surface area is 172 Å². The van der Waals surface area contributed by atoms with Crippen molar-refractivity contribution in [1.82, 2.24) is 9.88 Å². The van der Waals surface area contributed by atoms with Gasteiger partial charge in [0.1, 0.15) is 16.3 Å². The molecule has 0 aliphatic carbocycles. The van der Waals surface area contributed by atoms with E-state index in [-0.39, 0.29) is 23.0 Å².